The number of carbonyl (C=O) groups is 2. The molecular weight excluding hydrogens is 232 g/mol. The number of carbonyl (C=O) groups excluding carboxylic acids is 2. The first-order chi connectivity index (χ1) is 8.47. The first-order valence-electron chi connectivity index (χ1n) is 6.67. The lowest BCUT2D eigenvalue weighted by Gasteiger charge is -2.17. The van der Waals surface area contributed by atoms with Crippen LogP contribution in [0.25, 0.3) is 0 Å². The zero-order valence-electron chi connectivity index (χ0n) is 11.9. The van der Waals surface area contributed by atoms with E-state index in [0.29, 0.717) is 12.3 Å². The van der Waals surface area contributed by atoms with E-state index in [1.54, 1.807) is 0 Å². The largest absolute Gasteiger partial charge is 0.351 e. The predicted octanol–water partition coefficient (Wildman–Crippen LogP) is 1.78. The van der Waals surface area contributed by atoms with Crippen LogP contribution in [0.15, 0.2) is 0 Å². The van der Waals surface area contributed by atoms with Crippen molar-refractivity contribution < 1.29 is 14.4 Å². The standard InChI is InChI=1S/C13H26N2O3/c1-5-6-7-8-12(16)15-18-9-13(17)14-11(4)10(2)3/h10-11H,5-9H2,1-4H3,(H,14,17)(H,15,16). The van der Waals surface area contributed by atoms with Crippen LogP contribution in [0.2, 0.25) is 0 Å². The van der Waals surface area contributed by atoms with Crippen molar-refractivity contribution in [1.82, 2.24) is 10.8 Å². The van der Waals surface area contributed by atoms with E-state index in [0.717, 1.165) is 19.3 Å². The molecule has 18 heavy (non-hydrogen) atoms. The molecule has 0 radical (unpaired) electrons. The minimum Gasteiger partial charge on any atom is -0.351 e. The molecule has 106 valence electrons. The summed E-state index contributed by atoms with van der Waals surface area (Å²) >= 11 is 0. The minimum absolute atomic E-state index is 0.0985. The van der Waals surface area contributed by atoms with Gasteiger partial charge in [0.15, 0.2) is 6.61 Å². The zero-order chi connectivity index (χ0) is 14.0. The summed E-state index contributed by atoms with van der Waals surface area (Å²) in [5.41, 5.74) is 2.28. The molecule has 0 saturated carbocycles. The Labute approximate surface area is 110 Å². The van der Waals surface area contributed by atoms with E-state index in [-0.39, 0.29) is 24.5 Å². The van der Waals surface area contributed by atoms with Crippen molar-refractivity contribution in [2.75, 3.05) is 6.61 Å². The highest BCUT2D eigenvalue weighted by Gasteiger charge is 2.11. The molecule has 0 aromatic rings. The number of hydrogen-bond acceptors (Lipinski definition) is 3. The van der Waals surface area contributed by atoms with E-state index >= 15 is 0 Å². The Morgan fingerprint density at radius 2 is 1.78 bits per heavy atom. The Kier molecular flexibility index (Phi) is 9.28. The van der Waals surface area contributed by atoms with Gasteiger partial charge in [0.05, 0.1) is 0 Å². The van der Waals surface area contributed by atoms with Crippen LogP contribution in [0.5, 0.6) is 0 Å². The van der Waals surface area contributed by atoms with Gasteiger partial charge in [-0.05, 0) is 19.3 Å². The lowest BCUT2D eigenvalue weighted by molar-refractivity contribution is -0.139. The van der Waals surface area contributed by atoms with Gasteiger partial charge < -0.3 is 5.32 Å². The van der Waals surface area contributed by atoms with Crippen molar-refractivity contribution >= 4 is 11.8 Å². The Morgan fingerprint density at radius 3 is 2.33 bits per heavy atom. The first kappa shape index (κ1) is 16.9. The lowest BCUT2D eigenvalue weighted by atomic mass is 10.1. The Hall–Kier alpha value is -1.10. The number of rotatable bonds is 9. The summed E-state index contributed by atoms with van der Waals surface area (Å²) in [6.45, 7) is 7.93. The van der Waals surface area contributed by atoms with Crippen LogP contribution in [0.3, 0.4) is 0 Å². The summed E-state index contributed by atoms with van der Waals surface area (Å²) < 4.78 is 0. The third-order valence-electron chi connectivity index (χ3n) is 2.79. The Balaban J connectivity index is 3.58. The Morgan fingerprint density at radius 1 is 1.11 bits per heavy atom. The fourth-order valence-corrected chi connectivity index (χ4v) is 1.23. The van der Waals surface area contributed by atoms with Crippen LogP contribution < -0.4 is 10.8 Å². The molecule has 2 N–H and O–H groups in total. The molecule has 5 heteroatoms. The fourth-order valence-electron chi connectivity index (χ4n) is 1.23. The summed E-state index contributed by atoms with van der Waals surface area (Å²) in [6.07, 6.45) is 3.39. The second kappa shape index (κ2) is 9.88. The van der Waals surface area contributed by atoms with E-state index in [2.05, 4.69) is 17.7 Å². The number of hydroxylamine groups is 1. The van der Waals surface area contributed by atoms with E-state index in [1.807, 2.05) is 20.8 Å². The second-order valence-corrected chi connectivity index (χ2v) is 4.87. The monoisotopic (exact) mass is 258 g/mol. The SMILES string of the molecule is CCCCCC(=O)NOCC(=O)NC(C)C(C)C. The smallest absolute Gasteiger partial charge is 0.248 e. The van der Waals surface area contributed by atoms with Gasteiger partial charge in [-0.15, -0.1) is 0 Å². The molecule has 5 nitrogen and oxygen atoms in total. The highest BCUT2D eigenvalue weighted by Crippen LogP contribution is 1.99. The molecule has 0 aliphatic rings. The maximum atomic E-state index is 11.4. The molecule has 0 bridgehead atoms. The average Bonchev–Trinajstić information content (AvgIpc) is 2.29. The molecule has 0 rings (SSSR count). The highest BCUT2D eigenvalue weighted by molar-refractivity contribution is 5.78. The normalized spacial score (nSPS) is 12.3. The zero-order valence-corrected chi connectivity index (χ0v) is 11.9. The average molecular weight is 258 g/mol. The van der Waals surface area contributed by atoms with Gasteiger partial charge in [0, 0.05) is 12.5 Å². The van der Waals surface area contributed by atoms with Crippen molar-refractivity contribution in [2.45, 2.75) is 59.4 Å². The summed E-state index contributed by atoms with van der Waals surface area (Å²) in [4.78, 5) is 27.5. The van der Waals surface area contributed by atoms with Crippen LogP contribution in [-0.2, 0) is 14.4 Å². The second-order valence-electron chi connectivity index (χ2n) is 4.87. The van der Waals surface area contributed by atoms with Gasteiger partial charge in [0.25, 0.3) is 0 Å². The summed E-state index contributed by atoms with van der Waals surface area (Å²) in [6, 6.07) is 0.0985. The molecule has 0 aliphatic carbocycles. The summed E-state index contributed by atoms with van der Waals surface area (Å²) in [5, 5.41) is 2.79. The predicted molar refractivity (Wildman–Crippen MR) is 70.7 cm³/mol. The maximum absolute atomic E-state index is 11.4. The van der Waals surface area contributed by atoms with Crippen LogP contribution in [0, 0.1) is 5.92 Å². The Bertz CT molecular complexity index is 255. The van der Waals surface area contributed by atoms with Crippen LogP contribution in [-0.4, -0.2) is 24.5 Å². The maximum Gasteiger partial charge on any atom is 0.248 e. The molecule has 0 aliphatic heterocycles. The number of hydrogen-bond donors (Lipinski definition) is 2. The number of amides is 2. The lowest BCUT2D eigenvalue weighted by Crippen LogP contribution is -2.40. The highest BCUT2D eigenvalue weighted by atomic mass is 16.7. The minimum atomic E-state index is -0.218. The molecule has 0 aromatic carbocycles. The van der Waals surface area contributed by atoms with Gasteiger partial charge in [0.2, 0.25) is 11.8 Å². The van der Waals surface area contributed by atoms with E-state index in [9.17, 15) is 9.59 Å². The van der Waals surface area contributed by atoms with Crippen molar-refractivity contribution in [1.29, 1.82) is 0 Å². The molecular formula is C13H26N2O3. The molecule has 0 saturated heterocycles. The van der Waals surface area contributed by atoms with Crippen molar-refractivity contribution in [3.05, 3.63) is 0 Å². The molecule has 0 aromatic heterocycles. The fraction of sp³-hybridized carbons (Fsp3) is 0.846. The van der Waals surface area contributed by atoms with Gasteiger partial charge >= 0.3 is 0 Å². The van der Waals surface area contributed by atoms with Gasteiger partial charge in [-0.3, -0.25) is 14.4 Å². The summed E-state index contributed by atoms with van der Waals surface area (Å²) in [5.74, 6) is -0.0178. The van der Waals surface area contributed by atoms with Crippen molar-refractivity contribution in [3.63, 3.8) is 0 Å². The van der Waals surface area contributed by atoms with E-state index in [4.69, 9.17) is 4.84 Å². The van der Waals surface area contributed by atoms with Crippen LogP contribution >= 0.6 is 0 Å². The third kappa shape index (κ3) is 8.98. The van der Waals surface area contributed by atoms with E-state index in [1.165, 1.54) is 0 Å². The number of nitrogens with one attached hydrogen (secondary N) is 2. The van der Waals surface area contributed by atoms with Gasteiger partial charge in [-0.2, -0.15) is 0 Å². The molecule has 2 amide bonds. The first-order valence-corrected chi connectivity index (χ1v) is 6.67. The van der Waals surface area contributed by atoms with E-state index < -0.39 is 0 Å². The summed E-state index contributed by atoms with van der Waals surface area (Å²) in [7, 11) is 0. The van der Waals surface area contributed by atoms with Gasteiger partial charge in [-0.1, -0.05) is 33.6 Å². The molecule has 1 atom stereocenters. The quantitative estimate of drug-likeness (QED) is 0.489. The third-order valence-corrected chi connectivity index (χ3v) is 2.79. The van der Waals surface area contributed by atoms with Crippen molar-refractivity contribution in [3.8, 4) is 0 Å². The molecule has 0 heterocycles. The van der Waals surface area contributed by atoms with Crippen molar-refractivity contribution in [2.24, 2.45) is 5.92 Å². The molecule has 0 spiro atoms. The topological polar surface area (TPSA) is 67.4 Å². The van der Waals surface area contributed by atoms with Gasteiger partial charge in [0.1, 0.15) is 0 Å². The number of unbranched alkanes of at least 4 members (excludes halogenated alkanes) is 2. The molecule has 1 unspecified atom stereocenters. The molecule has 0 fully saturated rings. The van der Waals surface area contributed by atoms with Crippen LogP contribution in [0.4, 0.5) is 0 Å². The van der Waals surface area contributed by atoms with Crippen LogP contribution in [0.1, 0.15) is 53.4 Å². The van der Waals surface area contributed by atoms with Gasteiger partial charge in [-0.25, -0.2) is 5.48 Å².